The van der Waals surface area contributed by atoms with Gasteiger partial charge in [-0.05, 0) is 65.5 Å². The van der Waals surface area contributed by atoms with Crippen molar-refractivity contribution in [2.75, 3.05) is 18.4 Å². The molecule has 1 aromatic heterocycles. The van der Waals surface area contributed by atoms with Crippen LogP contribution in [0.25, 0.3) is 0 Å². The molecule has 3 N–H and O–H groups in total. The lowest BCUT2D eigenvalue weighted by Gasteiger charge is -2.31. The number of carboxylic acid groups (broad SMARTS) is 1. The van der Waals surface area contributed by atoms with Gasteiger partial charge < -0.3 is 20.5 Å². The first-order valence-corrected chi connectivity index (χ1v) is 10.6. The van der Waals surface area contributed by atoms with Crippen LogP contribution in [0.5, 0.6) is 0 Å². The summed E-state index contributed by atoms with van der Waals surface area (Å²) >= 11 is 1.25. The summed E-state index contributed by atoms with van der Waals surface area (Å²) in [5.41, 5.74) is 0.601. The van der Waals surface area contributed by atoms with Gasteiger partial charge in [-0.1, -0.05) is 11.8 Å². The van der Waals surface area contributed by atoms with Crippen LogP contribution in [0.15, 0.2) is 6.07 Å². The van der Waals surface area contributed by atoms with E-state index in [1.165, 1.54) is 11.3 Å². The van der Waals surface area contributed by atoms with E-state index >= 15 is 0 Å². The van der Waals surface area contributed by atoms with E-state index in [0.29, 0.717) is 28.8 Å². The van der Waals surface area contributed by atoms with Gasteiger partial charge in [-0.15, -0.1) is 11.3 Å². The van der Waals surface area contributed by atoms with Gasteiger partial charge in [0, 0.05) is 18.0 Å². The number of rotatable bonds is 5. The highest BCUT2D eigenvalue weighted by Crippen LogP contribution is 2.31. The van der Waals surface area contributed by atoms with E-state index in [2.05, 4.69) is 22.5 Å². The third kappa shape index (κ3) is 5.97. The van der Waals surface area contributed by atoms with Crippen LogP contribution in [0.1, 0.15) is 67.4 Å². The lowest BCUT2D eigenvalue weighted by molar-refractivity contribution is -0.0211. The Hall–Kier alpha value is -1.55. The van der Waals surface area contributed by atoms with Gasteiger partial charge >= 0.3 is 5.97 Å². The minimum absolute atomic E-state index is 0.103. The van der Waals surface area contributed by atoms with Gasteiger partial charge in [-0.3, -0.25) is 0 Å². The summed E-state index contributed by atoms with van der Waals surface area (Å²) in [5, 5.41) is 16.3. The standard InChI is InChI=1S/C21H30N2O3S/c1-21(2,3)10-8-17-12-18(19(27-17)20(24)25)23-14-4-6-15(7-5-14)26-16-9-11-22-13-16/h12,14-16,22-23H,4-7,9,11,13H2,1-3H3,(H,24,25)/t14-,15-,16-/m0/s1. The quantitative estimate of drug-likeness (QED) is 0.664. The van der Waals surface area contributed by atoms with Crippen LogP contribution in [0.3, 0.4) is 0 Å². The molecule has 0 spiro atoms. The fourth-order valence-corrected chi connectivity index (χ4v) is 4.36. The summed E-state index contributed by atoms with van der Waals surface area (Å²) < 4.78 is 6.18. The molecule has 6 heteroatoms. The molecule has 27 heavy (non-hydrogen) atoms. The van der Waals surface area contributed by atoms with Crippen molar-refractivity contribution in [3.8, 4) is 11.8 Å². The Morgan fingerprint density at radius 3 is 2.59 bits per heavy atom. The zero-order chi connectivity index (χ0) is 19.4. The number of anilines is 1. The molecule has 3 rings (SSSR count). The van der Waals surface area contributed by atoms with Crippen molar-refractivity contribution in [1.29, 1.82) is 0 Å². The monoisotopic (exact) mass is 390 g/mol. The number of ether oxygens (including phenoxy) is 1. The molecule has 1 aromatic rings. The number of thiophene rings is 1. The van der Waals surface area contributed by atoms with Crippen LogP contribution in [0, 0.1) is 17.3 Å². The van der Waals surface area contributed by atoms with Crippen molar-refractivity contribution in [3.63, 3.8) is 0 Å². The normalized spacial score (nSPS) is 25.7. The van der Waals surface area contributed by atoms with Crippen molar-refractivity contribution in [2.24, 2.45) is 5.41 Å². The predicted molar refractivity (Wildman–Crippen MR) is 110 cm³/mol. The number of aromatic carboxylic acids is 1. The van der Waals surface area contributed by atoms with Crippen LogP contribution in [-0.4, -0.2) is 42.4 Å². The molecule has 148 valence electrons. The topological polar surface area (TPSA) is 70.6 Å². The number of hydrogen-bond donors (Lipinski definition) is 3. The SMILES string of the molecule is CC(C)(C)C#Cc1cc(N[C@H]2CC[C@H](O[C@H]3CCNC3)CC2)c(C(=O)O)s1. The first-order valence-electron chi connectivity index (χ1n) is 9.83. The van der Waals surface area contributed by atoms with E-state index in [1.54, 1.807) is 0 Å². The molecule has 2 fully saturated rings. The maximum Gasteiger partial charge on any atom is 0.348 e. The fourth-order valence-electron chi connectivity index (χ4n) is 3.55. The molecule has 1 atom stereocenters. The Bertz CT molecular complexity index is 712. The highest BCUT2D eigenvalue weighted by molar-refractivity contribution is 7.15. The maximum atomic E-state index is 11.6. The van der Waals surface area contributed by atoms with E-state index < -0.39 is 5.97 Å². The van der Waals surface area contributed by atoms with Gasteiger partial charge in [0.2, 0.25) is 0 Å². The maximum absolute atomic E-state index is 11.6. The number of carbonyl (C=O) groups is 1. The third-order valence-electron chi connectivity index (χ3n) is 4.92. The molecule has 0 unspecified atom stereocenters. The molecule has 1 aliphatic carbocycles. The van der Waals surface area contributed by atoms with Gasteiger partial charge in [0.25, 0.3) is 0 Å². The van der Waals surface area contributed by atoms with E-state index in [4.69, 9.17) is 4.74 Å². The molecular weight excluding hydrogens is 360 g/mol. The summed E-state index contributed by atoms with van der Waals surface area (Å²) in [7, 11) is 0. The smallest absolute Gasteiger partial charge is 0.348 e. The predicted octanol–water partition coefficient (Wildman–Crippen LogP) is 3.95. The van der Waals surface area contributed by atoms with Crippen LogP contribution < -0.4 is 10.6 Å². The summed E-state index contributed by atoms with van der Waals surface area (Å²) in [6.45, 7) is 8.17. The zero-order valence-electron chi connectivity index (χ0n) is 16.4. The molecular formula is C21H30N2O3S. The third-order valence-corrected chi connectivity index (χ3v) is 5.96. The fraction of sp³-hybridized carbons (Fsp3) is 0.667. The highest BCUT2D eigenvalue weighted by atomic mass is 32.1. The second kappa shape index (κ2) is 8.64. The minimum Gasteiger partial charge on any atom is -0.477 e. The summed E-state index contributed by atoms with van der Waals surface area (Å²) in [6.07, 6.45) is 5.86. The number of hydrogen-bond acceptors (Lipinski definition) is 5. The second-order valence-corrected chi connectivity index (χ2v) is 9.58. The van der Waals surface area contributed by atoms with Crippen molar-refractivity contribution in [2.45, 2.75) is 71.1 Å². The summed E-state index contributed by atoms with van der Waals surface area (Å²) in [6, 6.07) is 2.18. The Morgan fingerprint density at radius 2 is 2.00 bits per heavy atom. The lowest BCUT2D eigenvalue weighted by atomic mass is 9.92. The molecule has 5 nitrogen and oxygen atoms in total. The first-order chi connectivity index (χ1) is 12.8. The molecule has 0 aromatic carbocycles. The van der Waals surface area contributed by atoms with Crippen molar-refractivity contribution in [1.82, 2.24) is 5.32 Å². The molecule has 0 radical (unpaired) electrons. The lowest BCUT2D eigenvalue weighted by Crippen LogP contribution is -2.32. The van der Waals surface area contributed by atoms with Crippen molar-refractivity contribution < 1.29 is 14.6 Å². The van der Waals surface area contributed by atoms with E-state index in [-0.39, 0.29) is 5.41 Å². The van der Waals surface area contributed by atoms with Gasteiger partial charge in [0.1, 0.15) is 4.88 Å². The second-order valence-electron chi connectivity index (χ2n) is 8.53. The molecule has 1 saturated heterocycles. The highest BCUT2D eigenvalue weighted by Gasteiger charge is 2.27. The Morgan fingerprint density at radius 1 is 1.26 bits per heavy atom. The van der Waals surface area contributed by atoms with Crippen LogP contribution in [0.4, 0.5) is 5.69 Å². The molecule has 1 saturated carbocycles. The average Bonchev–Trinajstić information content (AvgIpc) is 3.24. The van der Waals surface area contributed by atoms with Gasteiger partial charge in [-0.2, -0.15) is 0 Å². The van der Waals surface area contributed by atoms with E-state index in [0.717, 1.165) is 50.1 Å². The number of nitrogens with one attached hydrogen (secondary N) is 2. The minimum atomic E-state index is -0.892. The Balaban J connectivity index is 1.59. The van der Waals surface area contributed by atoms with Gasteiger partial charge in [0.05, 0.1) is 22.8 Å². The van der Waals surface area contributed by atoms with Gasteiger partial charge in [0.15, 0.2) is 0 Å². The van der Waals surface area contributed by atoms with Crippen molar-refractivity contribution in [3.05, 3.63) is 15.8 Å². The van der Waals surface area contributed by atoms with Crippen LogP contribution >= 0.6 is 11.3 Å². The Labute approximate surface area is 165 Å². The van der Waals surface area contributed by atoms with E-state index in [9.17, 15) is 9.90 Å². The first kappa shape index (κ1) is 20.2. The van der Waals surface area contributed by atoms with E-state index in [1.807, 2.05) is 26.8 Å². The molecule has 0 bridgehead atoms. The average molecular weight is 391 g/mol. The summed E-state index contributed by atoms with van der Waals surface area (Å²) in [4.78, 5) is 12.8. The molecule has 0 amide bonds. The molecule has 2 aliphatic rings. The van der Waals surface area contributed by atoms with Crippen LogP contribution in [0.2, 0.25) is 0 Å². The van der Waals surface area contributed by atoms with Crippen molar-refractivity contribution >= 4 is 23.0 Å². The summed E-state index contributed by atoms with van der Waals surface area (Å²) in [5.74, 6) is 5.41. The Kier molecular flexibility index (Phi) is 6.46. The molecule has 2 heterocycles. The molecule has 1 aliphatic heterocycles. The van der Waals surface area contributed by atoms with Gasteiger partial charge in [-0.25, -0.2) is 4.79 Å². The number of carboxylic acids is 1. The van der Waals surface area contributed by atoms with Crippen LogP contribution in [-0.2, 0) is 4.74 Å². The zero-order valence-corrected chi connectivity index (χ0v) is 17.2. The largest absolute Gasteiger partial charge is 0.477 e.